The maximum Gasteiger partial charge on any atom is 0.354 e. The van der Waals surface area contributed by atoms with Crippen LogP contribution >= 0.6 is 0 Å². The van der Waals surface area contributed by atoms with Gasteiger partial charge in [0, 0.05) is 51.0 Å². The molecule has 3 amide bonds. The summed E-state index contributed by atoms with van der Waals surface area (Å²) in [7, 11) is 2.14. The minimum Gasteiger partial charge on any atom is -0.394 e. The van der Waals surface area contributed by atoms with E-state index in [1.54, 1.807) is 17.2 Å². The van der Waals surface area contributed by atoms with Gasteiger partial charge in [-0.25, -0.2) is 9.59 Å². The summed E-state index contributed by atoms with van der Waals surface area (Å²) in [5, 5.41) is 11.7. The molecule has 0 spiro atoms. The van der Waals surface area contributed by atoms with Crippen molar-refractivity contribution >= 4 is 17.8 Å². The molecule has 2 aromatic rings. The molecule has 206 valence electrons. The topological polar surface area (TPSA) is 163 Å². The number of aliphatic hydroxyl groups excluding tert-OH is 1. The van der Waals surface area contributed by atoms with E-state index in [4.69, 9.17) is 16.6 Å². The van der Waals surface area contributed by atoms with Crippen LogP contribution in [0.4, 0.5) is 10.6 Å². The van der Waals surface area contributed by atoms with E-state index in [2.05, 4.69) is 22.2 Å². The largest absolute Gasteiger partial charge is 0.394 e. The van der Waals surface area contributed by atoms with E-state index in [0.717, 1.165) is 37.8 Å². The second-order valence-corrected chi connectivity index (χ2v) is 10.1. The number of hydrogen-bond donors (Lipinski definition) is 4. The predicted molar refractivity (Wildman–Crippen MR) is 144 cm³/mol. The fourth-order valence-electron chi connectivity index (χ4n) is 5.02. The number of piperazine rings is 1. The molecule has 1 saturated carbocycles. The summed E-state index contributed by atoms with van der Waals surface area (Å²) in [6, 6.07) is 8.91. The van der Waals surface area contributed by atoms with Gasteiger partial charge in [-0.3, -0.25) is 19.6 Å². The Morgan fingerprint density at radius 2 is 1.71 bits per heavy atom. The average molecular weight is 527 g/mol. The lowest BCUT2D eigenvalue weighted by Crippen LogP contribution is -2.55. The van der Waals surface area contributed by atoms with Crippen LogP contribution in [0, 0.1) is 0 Å². The third-order valence-electron chi connectivity index (χ3n) is 7.44. The van der Waals surface area contributed by atoms with Crippen LogP contribution in [0.1, 0.15) is 31.2 Å². The lowest BCUT2D eigenvalue weighted by Gasteiger charge is -2.35. The Balaban J connectivity index is 1.31. The molecular formula is C26H38N8O4. The zero-order valence-electron chi connectivity index (χ0n) is 21.8. The van der Waals surface area contributed by atoms with E-state index < -0.39 is 24.4 Å². The quantitative estimate of drug-likeness (QED) is 0.390. The number of nitrogens with zero attached hydrogens (tertiary/aromatic N) is 5. The van der Waals surface area contributed by atoms with Gasteiger partial charge in [0.2, 0.25) is 5.91 Å². The molecule has 12 heteroatoms. The van der Waals surface area contributed by atoms with Crippen LogP contribution in [0.25, 0.3) is 5.69 Å². The number of anilines is 1. The number of aromatic nitrogens is 2. The molecule has 0 unspecified atom stereocenters. The lowest BCUT2D eigenvalue weighted by molar-refractivity contribution is -0.134. The summed E-state index contributed by atoms with van der Waals surface area (Å²) >= 11 is 0. The van der Waals surface area contributed by atoms with Crippen molar-refractivity contribution < 1.29 is 14.7 Å². The first-order valence-electron chi connectivity index (χ1n) is 13.1. The van der Waals surface area contributed by atoms with Crippen molar-refractivity contribution in [2.75, 3.05) is 45.2 Å². The van der Waals surface area contributed by atoms with Gasteiger partial charge in [0.05, 0.1) is 12.3 Å². The number of benzene rings is 1. The highest BCUT2D eigenvalue weighted by atomic mass is 16.3. The zero-order chi connectivity index (χ0) is 27.2. The van der Waals surface area contributed by atoms with Crippen molar-refractivity contribution in [3.8, 4) is 5.69 Å². The van der Waals surface area contributed by atoms with E-state index in [9.17, 15) is 14.4 Å². The Bertz CT molecular complexity index is 1150. The van der Waals surface area contributed by atoms with Crippen LogP contribution in [0.5, 0.6) is 0 Å². The van der Waals surface area contributed by atoms with Gasteiger partial charge in [0.15, 0.2) is 0 Å². The lowest BCUT2D eigenvalue weighted by atomic mass is 9.91. The number of carbonyl (C=O) groups is 2. The smallest absolute Gasteiger partial charge is 0.354 e. The van der Waals surface area contributed by atoms with Crippen molar-refractivity contribution in [3.05, 3.63) is 52.6 Å². The Hall–Kier alpha value is -3.32. The van der Waals surface area contributed by atoms with Crippen molar-refractivity contribution in [2.45, 2.75) is 50.4 Å². The Morgan fingerprint density at radius 3 is 2.32 bits per heavy atom. The minimum absolute atomic E-state index is 0.155. The van der Waals surface area contributed by atoms with Gasteiger partial charge in [-0.05, 0) is 56.5 Å². The molecule has 1 aliphatic heterocycles. The number of nitrogens with two attached hydrogens (primary N) is 2. The first kappa shape index (κ1) is 27.7. The fourth-order valence-corrected chi connectivity index (χ4v) is 5.02. The first-order valence-corrected chi connectivity index (χ1v) is 13.1. The summed E-state index contributed by atoms with van der Waals surface area (Å²) in [5.74, 6) is -0.185. The Morgan fingerprint density at radius 1 is 1.08 bits per heavy atom. The Labute approximate surface area is 222 Å². The molecule has 38 heavy (non-hydrogen) atoms. The molecule has 1 saturated heterocycles. The third kappa shape index (κ3) is 6.76. The number of amides is 3. The molecule has 6 N–H and O–H groups in total. The molecule has 2 fully saturated rings. The summed E-state index contributed by atoms with van der Waals surface area (Å²) in [4.78, 5) is 46.9. The maximum atomic E-state index is 12.7. The molecule has 1 aromatic carbocycles. The number of carbonyl (C=O) groups excluding carboxylic acids is 2. The summed E-state index contributed by atoms with van der Waals surface area (Å²) in [5.41, 5.74) is 13.0. The van der Waals surface area contributed by atoms with Crippen LogP contribution in [0.2, 0.25) is 0 Å². The maximum absolute atomic E-state index is 12.7. The standard InChI is InChI=1S/C26H38N8O4/c1-31(20-8-4-19(27)5-9-20)16-18-2-6-21(7-3-18)34-11-10-23(30-26(34)38)29-25(37)33-14-12-32(13-15-33)24(36)22(28)17-35/h2-3,6-7,10-11,19-20,22,35H,4-5,8-9,12-17,27-28H2,1H3,(H,29,30,37,38)/t19?,20?,22-/m0/s1. The van der Waals surface area contributed by atoms with Crippen LogP contribution in [-0.4, -0.2) is 99.3 Å². The summed E-state index contributed by atoms with van der Waals surface area (Å²) in [6.07, 6.45) is 5.96. The highest BCUT2D eigenvalue weighted by Crippen LogP contribution is 2.22. The normalized spacial score (nSPS) is 20.9. The van der Waals surface area contributed by atoms with Gasteiger partial charge in [-0.15, -0.1) is 0 Å². The zero-order valence-corrected chi connectivity index (χ0v) is 21.8. The number of urea groups is 1. The van der Waals surface area contributed by atoms with Gasteiger partial charge in [-0.2, -0.15) is 4.98 Å². The van der Waals surface area contributed by atoms with E-state index in [1.165, 1.54) is 9.47 Å². The monoisotopic (exact) mass is 526 g/mol. The molecule has 1 aromatic heterocycles. The molecule has 0 radical (unpaired) electrons. The average Bonchev–Trinajstić information content (AvgIpc) is 2.93. The predicted octanol–water partition coefficient (Wildman–Crippen LogP) is -0.0701. The van der Waals surface area contributed by atoms with Crippen LogP contribution in [-0.2, 0) is 11.3 Å². The van der Waals surface area contributed by atoms with Gasteiger partial charge in [-0.1, -0.05) is 12.1 Å². The van der Waals surface area contributed by atoms with Gasteiger partial charge < -0.3 is 26.4 Å². The molecular weight excluding hydrogens is 488 g/mol. The van der Waals surface area contributed by atoms with Crippen LogP contribution in [0.15, 0.2) is 41.3 Å². The second-order valence-electron chi connectivity index (χ2n) is 10.1. The van der Waals surface area contributed by atoms with E-state index in [-0.39, 0.29) is 11.7 Å². The minimum atomic E-state index is -0.954. The van der Waals surface area contributed by atoms with E-state index in [0.29, 0.717) is 44.0 Å². The molecule has 1 aliphatic carbocycles. The van der Waals surface area contributed by atoms with Crippen LogP contribution in [0.3, 0.4) is 0 Å². The molecule has 0 bridgehead atoms. The molecule has 1 atom stereocenters. The van der Waals surface area contributed by atoms with Gasteiger partial charge in [0.25, 0.3) is 0 Å². The molecule has 4 rings (SSSR count). The van der Waals surface area contributed by atoms with Crippen LogP contribution < -0.4 is 22.5 Å². The number of hydrogen-bond acceptors (Lipinski definition) is 8. The molecule has 12 nitrogen and oxygen atoms in total. The van der Waals surface area contributed by atoms with Crippen molar-refractivity contribution in [2.24, 2.45) is 11.5 Å². The number of aliphatic hydroxyl groups is 1. The summed E-state index contributed by atoms with van der Waals surface area (Å²) < 4.78 is 1.43. The summed E-state index contributed by atoms with van der Waals surface area (Å²) in [6.45, 7) is 1.65. The SMILES string of the molecule is CN(Cc1ccc(-n2ccc(NC(=O)N3CCN(C(=O)[C@@H](N)CO)CC3)nc2=O)cc1)C1CCC(N)CC1. The van der Waals surface area contributed by atoms with E-state index >= 15 is 0 Å². The first-order chi connectivity index (χ1) is 18.2. The highest BCUT2D eigenvalue weighted by Gasteiger charge is 2.27. The number of nitrogens with one attached hydrogen (secondary N) is 1. The van der Waals surface area contributed by atoms with Crippen molar-refractivity contribution in [1.82, 2.24) is 24.3 Å². The fraction of sp³-hybridized carbons (Fsp3) is 0.538. The van der Waals surface area contributed by atoms with Gasteiger partial charge in [0.1, 0.15) is 11.9 Å². The highest BCUT2D eigenvalue weighted by molar-refractivity contribution is 5.88. The second kappa shape index (κ2) is 12.5. The third-order valence-corrected chi connectivity index (χ3v) is 7.44. The van der Waals surface area contributed by atoms with Crippen molar-refractivity contribution in [1.29, 1.82) is 0 Å². The molecule has 2 heterocycles. The van der Waals surface area contributed by atoms with Gasteiger partial charge >= 0.3 is 11.7 Å². The van der Waals surface area contributed by atoms with E-state index in [1.807, 2.05) is 24.3 Å². The number of rotatable bonds is 7. The van der Waals surface area contributed by atoms with Crippen molar-refractivity contribution in [3.63, 3.8) is 0 Å². The Kier molecular flexibility index (Phi) is 9.10. The molecule has 2 aliphatic rings.